The largest absolute Gasteiger partial charge is 0.481 e. The van der Waals surface area contributed by atoms with Crippen molar-refractivity contribution in [3.63, 3.8) is 0 Å². The molecule has 318 valence electrons. The van der Waals surface area contributed by atoms with E-state index in [2.05, 4.69) is 58.4 Å². The van der Waals surface area contributed by atoms with Gasteiger partial charge in [-0.15, -0.1) is 0 Å². The van der Waals surface area contributed by atoms with E-state index in [9.17, 15) is 19.1 Å². The summed E-state index contributed by atoms with van der Waals surface area (Å²) in [5.74, 6) is 2.37. The van der Waals surface area contributed by atoms with Crippen LogP contribution in [0, 0.1) is 73.8 Å². The molecule has 1 aliphatic heterocycles. The molecule has 0 spiro atoms. The number of carbonyl (C=O) groups excluding carboxylic acids is 2. The first-order valence-corrected chi connectivity index (χ1v) is 22.7. The van der Waals surface area contributed by atoms with Crippen LogP contribution in [0.2, 0.25) is 0 Å². The third kappa shape index (κ3) is 6.14. The number of benzene rings is 1. The number of aromatic nitrogens is 2. The third-order valence-corrected chi connectivity index (χ3v) is 18.7. The molecular weight excluding hydrogens is 730 g/mol. The van der Waals surface area contributed by atoms with E-state index in [1.54, 1.807) is 26.0 Å². The highest BCUT2D eigenvalue weighted by Crippen LogP contribution is 2.78. The molecule has 6 fully saturated rings. The quantitative estimate of drug-likeness (QED) is 0.257. The van der Waals surface area contributed by atoms with Gasteiger partial charge in [0.05, 0.1) is 35.2 Å². The summed E-state index contributed by atoms with van der Waals surface area (Å²) in [5, 5.41) is 9.66. The molecule has 0 bridgehead atoms. The lowest BCUT2D eigenvalue weighted by molar-refractivity contribution is -0.251. The zero-order chi connectivity index (χ0) is 41.8. The van der Waals surface area contributed by atoms with Crippen molar-refractivity contribution in [2.45, 2.75) is 158 Å². The van der Waals surface area contributed by atoms with Crippen molar-refractivity contribution >= 4 is 17.8 Å². The lowest BCUT2D eigenvalue weighted by Gasteiger charge is -2.73. The molecule has 1 aromatic heterocycles. The molecule has 0 radical (unpaired) electrons. The minimum atomic E-state index is -1.16. The third-order valence-electron chi connectivity index (χ3n) is 18.7. The minimum Gasteiger partial charge on any atom is -0.481 e. The second kappa shape index (κ2) is 14.2. The van der Waals surface area contributed by atoms with E-state index in [1.165, 1.54) is 18.6 Å². The molecule has 11 atom stereocenters. The molecule has 5 aliphatic carbocycles. The van der Waals surface area contributed by atoms with Crippen molar-refractivity contribution in [1.29, 1.82) is 0 Å². The fourth-order valence-corrected chi connectivity index (χ4v) is 15.4. The molecule has 5 saturated carbocycles. The molecule has 8 rings (SSSR count). The number of carbonyl (C=O) groups is 3. The molecule has 8 nitrogen and oxygen atoms in total. The number of amides is 1. The van der Waals surface area contributed by atoms with Crippen LogP contribution in [0.15, 0.2) is 30.5 Å². The summed E-state index contributed by atoms with van der Waals surface area (Å²) < 4.78 is 19.9. The molecule has 2 aromatic rings. The van der Waals surface area contributed by atoms with Crippen LogP contribution in [-0.4, -0.2) is 50.5 Å². The Labute approximate surface area is 346 Å². The Morgan fingerprint density at radius 2 is 1.64 bits per heavy atom. The number of halogens is 1. The maximum absolute atomic E-state index is 15.5. The highest BCUT2D eigenvalue weighted by Gasteiger charge is 2.72. The van der Waals surface area contributed by atoms with Crippen LogP contribution < -0.4 is 0 Å². The highest BCUT2D eigenvalue weighted by atomic mass is 19.1. The molecule has 1 aromatic carbocycles. The van der Waals surface area contributed by atoms with Crippen LogP contribution in [0.25, 0.3) is 11.3 Å². The Morgan fingerprint density at radius 3 is 2.33 bits per heavy atom. The smallest absolute Gasteiger partial charge is 0.309 e. The normalized spacial score (nSPS) is 39.4. The number of aliphatic carboxylic acids is 1. The number of hydrogen-bond donors (Lipinski definition) is 2. The summed E-state index contributed by atoms with van der Waals surface area (Å²) in [6, 6.07) is 6.42. The number of carboxylic acid groups (broad SMARTS) is 1. The average molecular weight is 800 g/mol. The Bertz CT molecular complexity index is 1920. The summed E-state index contributed by atoms with van der Waals surface area (Å²) in [5.41, 5.74) is 0.353. The molecule has 6 aliphatic rings. The first-order valence-electron chi connectivity index (χ1n) is 22.7. The van der Waals surface area contributed by atoms with Gasteiger partial charge in [0.2, 0.25) is 5.91 Å². The van der Waals surface area contributed by atoms with Crippen LogP contribution in [0.5, 0.6) is 0 Å². The number of aromatic amines is 1. The van der Waals surface area contributed by atoms with E-state index in [4.69, 9.17) is 9.72 Å². The molecular formula is C49H70FN3O5. The van der Waals surface area contributed by atoms with Gasteiger partial charge in [0.1, 0.15) is 17.7 Å². The number of imidazole rings is 1. The Balaban J connectivity index is 1.05. The van der Waals surface area contributed by atoms with E-state index in [0.29, 0.717) is 41.4 Å². The zero-order valence-corrected chi connectivity index (χ0v) is 36.8. The fraction of sp³-hybridized carbons (Fsp3) is 0.755. The van der Waals surface area contributed by atoms with Crippen LogP contribution in [0.3, 0.4) is 0 Å². The number of hydrogen-bond acceptors (Lipinski definition) is 5. The van der Waals surface area contributed by atoms with E-state index in [-0.39, 0.29) is 51.5 Å². The van der Waals surface area contributed by atoms with Crippen molar-refractivity contribution < 1.29 is 28.6 Å². The van der Waals surface area contributed by atoms with Crippen LogP contribution >= 0.6 is 0 Å². The standard InChI is InChI=1S/C49H70FN3O5/c1-29(2)32-18-23-49(42(55)53-26-10-11-35(53)41-51-28-34(52-41)30-12-14-31(50)15-13-30)25-24-47(8)33(40(32)49)16-17-37-46(7)21-20-38(58-39(54)27-44(3,4)43(56)57)45(5,6)36(46)19-22-48(37,47)9/h12-15,28-29,32-33,35-38,40H,10-11,16-27H2,1-9H3,(H,51,52)(H,56,57)/t32-,33+,35?,36?,37?,38-,40?,46-,47+,48+,49-/m0/s1. The number of rotatable bonds is 8. The average Bonchev–Trinajstić information content (AvgIpc) is 3.92. The number of likely N-dealkylation sites (tertiary alicyclic amines) is 1. The van der Waals surface area contributed by atoms with Gasteiger partial charge in [-0.2, -0.15) is 0 Å². The van der Waals surface area contributed by atoms with E-state index < -0.39 is 17.4 Å². The monoisotopic (exact) mass is 800 g/mol. The lowest BCUT2D eigenvalue weighted by Crippen LogP contribution is -2.67. The van der Waals surface area contributed by atoms with E-state index in [0.717, 1.165) is 94.3 Å². The van der Waals surface area contributed by atoms with Gasteiger partial charge in [-0.05, 0) is 172 Å². The number of fused-ring (bicyclic) bond motifs is 7. The van der Waals surface area contributed by atoms with E-state index >= 15 is 4.79 Å². The van der Waals surface area contributed by atoms with Crippen molar-refractivity contribution in [1.82, 2.24) is 14.9 Å². The number of nitrogens with one attached hydrogen (secondary N) is 1. The topological polar surface area (TPSA) is 113 Å². The summed E-state index contributed by atoms with van der Waals surface area (Å²) in [6.07, 6.45) is 13.9. The van der Waals surface area contributed by atoms with Gasteiger partial charge in [-0.3, -0.25) is 14.4 Å². The van der Waals surface area contributed by atoms with Gasteiger partial charge >= 0.3 is 11.9 Å². The summed E-state index contributed by atoms with van der Waals surface area (Å²) in [6.45, 7) is 21.2. The highest BCUT2D eigenvalue weighted by molar-refractivity contribution is 5.85. The number of ether oxygens (including phenoxy) is 1. The molecule has 2 heterocycles. The number of H-pyrrole nitrogens is 1. The second-order valence-corrected chi connectivity index (χ2v) is 22.3. The number of carboxylic acids is 1. The second-order valence-electron chi connectivity index (χ2n) is 22.3. The maximum Gasteiger partial charge on any atom is 0.309 e. The maximum atomic E-state index is 15.5. The Kier molecular flexibility index (Phi) is 10.1. The van der Waals surface area contributed by atoms with Crippen molar-refractivity contribution in [2.75, 3.05) is 6.54 Å². The molecule has 58 heavy (non-hydrogen) atoms. The van der Waals surface area contributed by atoms with Crippen molar-refractivity contribution in [3.05, 3.63) is 42.1 Å². The first-order chi connectivity index (χ1) is 27.2. The van der Waals surface area contributed by atoms with Gasteiger partial charge in [0.25, 0.3) is 0 Å². The van der Waals surface area contributed by atoms with Crippen LogP contribution in [0.1, 0.15) is 158 Å². The Hall–Kier alpha value is -3.23. The Morgan fingerprint density at radius 1 is 0.914 bits per heavy atom. The SMILES string of the molecule is CC(C)[C@@H]1CC[C@]2(C(=O)N3CCCC3c3ncc(-c4ccc(F)cc4)[nH]3)CC[C@]3(C)[C@H](CCC4[C@@]5(C)CC[C@H](OC(=O)CC(C)(C)C(=O)O)C(C)(C)C5CC[C@]43C)C12. The lowest BCUT2D eigenvalue weighted by atomic mass is 9.32. The molecule has 4 unspecified atom stereocenters. The summed E-state index contributed by atoms with van der Waals surface area (Å²) in [7, 11) is 0. The van der Waals surface area contributed by atoms with Crippen molar-refractivity contribution in [3.8, 4) is 11.3 Å². The minimum absolute atomic E-state index is 0.0759. The number of esters is 1. The molecule has 9 heteroatoms. The zero-order valence-electron chi connectivity index (χ0n) is 36.8. The van der Waals surface area contributed by atoms with Gasteiger partial charge in [0, 0.05) is 12.0 Å². The molecule has 1 amide bonds. The van der Waals surface area contributed by atoms with Gasteiger partial charge in [-0.25, -0.2) is 9.37 Å². The van der Waals surface area contributed by atoms with Gasteiger partial charge in [0.15, 0.2) is 0 Å². The van der Waals surface area contributed by atoms with Crippen molar-refractivity contribution in [2.24, 2.45) is 68.0 Å². The number of nitrogens with zero attached hydrogens (tertiary/aromatic N) is 2. The first kappa shape index (κ1) is 41.5. The molecule has 2 N–H and O–H groups in total. The predicted octanol–water partition coefficient (Wildman–Crippen LogP) is 11.0. The van der Waals surface area contributed by atoms with Gasteiger partial charge < -0.3 is 19.7 Å². The van der Waals surface area contributed by atoms with Gasteiger partial charge in [-0.1, -0.05) is 48.5 Å². The summed E-state index contributed by atoms with van der Waals surface area (Å²) >= 11 is 0. The molecule has 1 saturated heterocycles. The predicted molar refractivity (Wildman–Crippen MR) is 223 cm³/mol. The van der Waals surface area contributed by atoms with E-state index in [1.807, 2.05) is 6.20 Å². The summed E-state index contributed by atoms with van der Waals surface area (Å²) in [4.78, 5) is 51.1. The van der Waals surface area contributed by atoms with Crippen LogP contribution in [-0.2, 0) is 19.1 Å². The van der Waals surface area contributed by atoms with Crippen LogP contribution in [0.4, 0.5) is 4.39 Å². The fourth-order valence-electron chi connectivity index (χ4n) is 15.4.